The quantitative estimate of drug-likeness (QED) is 0.577. The number of fused-ring (bicyclic) bond motifs is 2. The first-order valence-electron chi connectivity index (χ1n) is 10.3. The predicted octanol–water partition coefficient (Wildman–Crippen LogP) is 4.20. The Balaban J connectivity index is 1.43. The molecule has 0 saturated heterocycles. The van der Waals surface area contributed by atoms with Crippen molar-refractivity contribution in [3.05, 3.63) is 83.2 Å². The summed E-state index contributed by atoms with van der Waals surface area (Å²) >= 11 is 0. The molecule has 32 heavy (non-hydrogen) atoms. The molecule has 0 radical (unpaired) electrons. The maximum absolute atomic E-state index is 15.2. The lowest BCUT2D eigenvalue weighted by Gasteiger charge is -2.17. The lowest BCUT2D eigenvalue weighted by Crippen LogP contribution is -2.31. The van der Waals surface area contributed by atoms with E-state index in [0.717, 1.165) is 33.9 Å². The van der Waals surface area contributed by atoms with E-state index in [4.69, 9.17) is 0 Å². The van der Waals surface area contributed by atoms with Crippen LogP contribution in [0.5, 0.6) is 0 Å². The van der Waals surface area contributed by atoms with Crippen LogP contribution in [0.2, 0.25) is 0 Å². The van der Waals surface area contributed by atoms with Gasteiger partial charge < -0.3 is 0 Å². The highest BCUT2D eigenvalue weighted by atomic mass is 19.1. The topological polar surface area (TPSA) is 50.5 Å². The number of aromatic nitrogens is 2. The second-order valence-electron chi connectivity index (χ2n) is 8.01. The fourth-order valence-corrected chi connectivity index (χ4v) is 4.32. The molecule has 6 rings (SSSR count). The average Bonchev–Trinajstić information content (AvgIpc) is 3.12. The molecule has 1 spiro atoms. The predicted molar refractivity (Wildman–Crippen MR) is 117 cm³/mol. The number of hydrogen-bond donors (Lipinski definition) is 0. The monoisotopic (exact) mass is 426 g/mol. The van der Waals surface area contributed by atoms with E-state index in [0.29, 0.717) is 19.4 Å². The van der Waals surface area contributed by atoms with Crippen LogP contribution in [0.25, 0.3) is 5.57 Å². The van der Waals surface area contributed by atoms with Crippen LogP contribution in [0.15, 0.2) is 59.7 Å². The van der Waals surface area contributed by atoms with Crippen molar-refractivity contribution in [2.75, 3.05) is 11.4 Å². The van der Waals surface area contributed by atoms with Crippen molar-refractivity contribution >= 4 is 29.3 Å². The third-order valence-corrected chi connectivity index (χ3v) is 6.00. The number of benzene rings is 2. The number of anilines is 2. The van der Waals surface area contributed by atoms with Gasteiger partial charge >= 0.3 is 0 Å². The molecule has 5 nitrogen and oxygen atoms in total. The summed E-state index contributed by atoms with van der Waals surface area (Å²) in [5, 5.41) is 0. The van der Waals surface area contributed by atoms with E-state index < -0.39 is 22.9 Å². The lowest BCUT2D eigenvalue weighted by molar-refractivity contribution is -0.120. The third-order valence-electron chi connectivity index (χ3n) is 6.00. The molecule has 0 atom stereocenters. The van der Waals surface area contributed by atoms with Crippen molar-refractivity contribution in [3.63, 3.8) is 0 Å². The first-order chi connectivity index (χ1) is 15.6. The molecule has 0 unspecified atom stereocenters. The van der Waals surface area contributed by atoms with Gasteiger partial charge in [0, 0.05) is 22.9 Å². The normalized spacial score (nSPS) is 17.4. The van der Waals surface area contributed by atoms with Crippen LogP contribution in [0.4, 0.5) is 20.4 Å². The number of rotatable bonds is 2. The molecule has 1 fully saturated rings. The smallest absolute Gasteiger partial charge is 0.260 e. The number of carbonyl (C=O) groups is 1. The summed E-state index contributed by atoms with van der Waals surface area (Å²) in [4.78, 5) is 23.0. The summed E-state index contributed by atoms with van der Waals surface area (Å²) in [5.41, 5.74) is 1.27. The molecular weight excluding hydrogens is 410 g/mol. The van der Waals surface area contributed by atoms with E-state index in [-0.39, 0.29) is 17.4 Å². The van der Waals surface area contributed by atoms with Crippen molar-refractivity contribution in [2.24, 2.45) is 4.99 Å². The molecule has 156 valence electrons. The SMILES string of the molecule is O=C1N(c2c(F)cc(C#Cc3ccccc3)cc2F)c2ncc(C3=CCN=C3)n2C12CC2. The van der Waals surface area contributed by atoms with E-state index in [2.05, 4.69) is 21.8 Å². The lowest BCUT2D eigenvalue weighted by atomic mass is 10.1. The number of imidazole rings is 1. The van der Waals surface area contributed by atoms with Crippen LogP contribution < -0.4 is 4.90 Å². The molecule has 2 aliphatic heterocycles. The van der Waals surface area contributed by atoms with Crippen molar-refractivity contribution in [1.82, 2.24) is 9.55 Å². The van der Waals surface area contributed by atoms with Crippen LogP contribution in [0.1, 0.15) is 29.7 Å². The number of aliphatic imine (C=N–C) groups is 1. The van der Waals surface area contributed by atoms with Gasteiger partial charge in [-0.3, -0.25) is 14.4 Å². The van der Waals surface area contributed by atoms with Crippen molar-refractivity contribution in [3.8, 4) is 11.8 Å². The zero-order valence-corrected chi connectivity index (χ0v) is 16.8. The van der Waals surface area contributed by atoms with Gasteiger partial charge in [0.05, 0.1) is 18.4 Å². The van der Waals surface area contributed by atoms with Crippen LogP contribution in [-0.2, 0) is 10.3 Å². The Bertz CT molecular complexity index is 1380. The van der Waals surface area contributed by atoms with Crippen LogP contribution in [0.3, 0.4) is 0 Å². The van der Waals surface area contributed by atoms with Gasteiger partial charge in [0.25, 0.3) is 5.91 Å². The van der Waals surface area contributed by atoms with E-state index in [1.54, 1.807) is 17.0 Å². The Morgan fingerprint density at radius 1 is 1.00 bits per heavy atom. The number of carbonyl (C=O) groups excluding carboxylic acids is 1. The summed E-state index contributed by atoms with van der Waals surface area (Å²) in [6.45, 7) is 0.565. The molecule has 1 aliphatic carbocycles. The van der Waals surface area contributed by atoms with Gasteiger partial charge in [0.2, 0.25) is 5.95 Å². The molecule has 3 heterocycles. The van der Waals surface area contributed by atoms with E-state index in [1.807, 2.05) is 36.4 Å². The molecule has 3 aromatic rings. The highest BCUT2D eigenvalue weighted by Crippen LogP contribution is 2.55. The minimum absolute atomic E-state index is 0.191. The minimum Gasteiger partial charge on any atom is -0.294 e. The van der Waals surface area contributed by atoms with Gasteiger partial charge in [-0.2, -0.15) is 0 Å². The fourth-order valence-electron chi connectivity index (χ4n) is 4.32. The van der Waals surface area contributed by atoms with Crippen LogP contribution >= 0.6 is 0 Å². The Kier molecular flexibility index (Phi) is 3.93. The Morgan fingerprint density at radius 2 is 1.72 bits per heavy atom. The molecule has 7 heteroatoms. The zero-order valence-electron chi connectivity index (χ0n) is 16.8. The van der Waals surface area contributed by atoms with Crippen molar-refractivity contribution in [1.29, 1.82) is 0 Å². The number of amides is 1. The van der Waals surface area contributed by atoms with Crippen molar-refractivity contribution < 1.29 is 13.6 Å². The van der Waals surface area contributed by atoms with Crippen molar-refractivity contribution in [2.45, 2.75) is 18.4 Å². The van der Waals surface area contributed by atoms with Gasteiger partial charge in [0.15, 0.2) is 11.6 Å². The average molecular weight is 426 g/mol. The van der Waals surface area contributed by atoms with Gasteiger partial charge in [-0.1, -0.05) is 36.1 Å². The first-order valence-corrected chi connectivity index (χ1v) is 10.3. The summed E-state index contributed by atoms with van der Waals surface area (Å²) in [7, 11) is 0. The second-order valence-corrected chi connectivity index (χ2v) is 8.01. The standard InChI is InChI=1S/C25H16F2N4O/c26-19-12-17(7-6-16-4-2-1-3-5-16)13-20(27)22(19)30-23(32)25(9-10-25)31-21(15-29-24(30)31)18-8-11-28-14-18/h1-5,8,12-15H,9-11H2. The number of halogens is 2. The minimum atomic E-state index is -0.855. The maximum atomic E-state index is 15.2. The second kappa shape index (κ2) is 6.72. The molecule has 1 amide bonds. The highest BCUT2D eigenvalue weighted by molar-refractivity contribution is 6.14. The number of hydrogen-bond acceptors (Lipinski definition) is 3. The molecule has 0 bridgehead atoms. The summed E-state index contributed by atoms with van der Waals surface area (Å²) in [6, 6.07) is 11.5. The zero-order chi connectivity index (χ0) is 21.9. The largest absolute Gasteiger partial charge is 0.294 e. The molecule has 2 aromatic carbocycles. The van der Waals surface area contributed by atoms with Crippen LogP contribution in [-0.4, -0.2) is 28.2 Å². The fraction of sp³-hybridized carbons (Fsp3) is 0.160. The van der Waals surface area contributed by atoms with E-state index in [1.165, 1.54) is 0 Å². The summed E-state index contributed by atoms with van der Waals surface area (Å²) in [5.74, 6) is 3.82. The molecule has 3 aliphatic rings. The van der Waals surface area contributed by atoms with Crippen LogP contribution in [0, 0.1) is 23.5 Å². The molecule has 1 aromatic heterocycles. The van der Waals surface area contributed by atoms with E-state index >= 15 is 8.78 Å². The van der Waals surface area contributed by atoms with Gasteiger partial charge in [0.1, 0.15) is 11.2 Å². The molecule has 0 N–H and O–H groups in total. The van der Waals surface area contributed by atoms with Gasteiger partial charge in [-0.05, 0) is 37.1 Å². The molecule has 1 saturated carbocycles. The Morgan fingerprint density at radius 3 is 2.38 bits per heavy atom. The Hall–Kier alpha value is -4.05. The third kappa shape index (κ3) is 2.66. The molecular formula is C25H16F2N4O. The first kappa shape index (κ1) is 18.7. The number of nitrogens with zero attached hydrogens (tertiary/aromatic N) is 4. The van der Waals surface area contributed by atoms with E-state index in [9.17, 15) is 4.79 Å². The van der Waals surface area contributed by atoms with Gasteiger partial charge in [-0.15, -0.1) is 0 Å². The highest BCUT2D eigenvalue weighted by Gasteiger charge is 2.62. The van der Waals surface area contributed by atoms with Gasteiger partial charge in [-0.25, -0.2) is 18.7 Å². The maximum Gasteiger partial charge on any atom is 0.260 e. The Labute approximate surface area is 182 Å². The summed E-state index contributed by atoms with van der Waals surface area (Å²) in [6.07, 6.45) is 6.51. The number of allylic oxidation sites excluding steroid dienone is 1. The summed E-state index contributed by atoms with van der Waals surface area (Å²) < 4.78 is 32.1.